The van der Waals surface area contributed by atoms with Gasteiger partial charge in [-0.1, -0.05) is 11.8 Å². The number of hydrogen-bond acceptors (Lipinski definition) is 6. The van der Waals surface area contributed by atoms with Crippen molar-refractivity contribution < 1.29 is 9.59 Å². The fourth-order valence-corrected chi connectivity index (χ4v) is 6.13. The number of nitrogens with one attached hydrogen (secondary N) is 2. The van der Waals surface area contributed by atoms with Gasteiger partial charge in [0, 0.05) is 34.5 Å². The SMILES string of the molecule is CC(=O)Nc1ccc(NC(=O)CSc2nc(C3CC3)nc3sc4c(c23)CCCC4)cc1. The zero-order chi connectivity index (χ0) is 21.4. The van der Waals surface area contributed by atoms with Crippen molar-refractivity contribution in [2.45, 2.75) is 56.4 Å². The molecule has 31 heavy (non-hydrogen) atoms. The molecule has 8 heteroatoms. The molecule has 2 amide bonds. The molecule has 3 aromatic rings. The van der Waals surface area contributed by atoms with E-state index < -0.39 is 0 Å². The number of anilines is 2. The van der Waals surface area contributed by atoms with Gasteiger partial charge in [0.15, 0.2) is 0 Å². The van der Waals surface area contributed by atoms with E-state index in [0.717, 1.165) is 41.4 Å². The molecule has 1 saturated carbocycles. The van der Waals surface area contributed by atoms with Crippen LogP contribution in [0.1, 0.15) is 54.8 Å². The maximum absolute atomic E-state index is 12.6. The molecule has 2 heterocycles. The zero-order valence-corrected chi connectivity index (χ0v) is 19.0. The summed E-state index contributed by atoms with van der Waals surface area (Å²) in [5.41, 5.74) is 2.82. The van der Waals surface area contributed by atoms with Crippen molar-refractivity contribution in [3.05, 3.63) is 40.5 Å². The Bertz CT molecular complexity index is 1150. The quantitative estimate of drug-likeness (QED) is 0.400. The number of carbonyl (C=O) groups is 2. The molecule has 0 bridgehead atoms. The molecule has 0 saturated heterocycles. The van der Waals surface area contributed by atoms with E-state index in [1.54, 1.807) is 24.3 Å². The van der Waals surface area contributed by atoms with Crippen molar-refractivity contribution in [2.75, 3.05) is 16.4 Å². The van der Waals surface area contributed by atoms with Gasteiger partial charge in [-0.2, -0.15) is 0 Å². The van der Waals surface area contributed by atoms with Crippen molar-refractivity contribution in [3.63, 3.8) is 0 Å². The number of rotatable bonds is 6. The second-order valence-electron chi connectivity index (χ2n) is 8.15. The van der Waals surface area contributed by atoms with Crippen LogP contribution < -0.4 is 10.6 Å². The molecular weight excluding hydrogens is 428 g/mol. The van der Waals surface area contributed by atoms with E-state index in [4.69, 9.17) is 9.97 Å². The topological polar surface area (TPSA) is 84.0 Å². The van der Waals surface area contributed by atoms with Gasteiger partial charge in [-0.3, -0.25) is 9.59 Å². The van der Waals surface area contributed by atoms with Crippen LogP contribution in [0.5, 0.6) is 0 Å². The van der Waals surface area contributed by atoms with Gasteiger partial charge in [-0.15, -0.1) is 11.3 Å². The van der Waals surface area contributed by atoms with Crippen LogP contribution in [-0.2, 0) is 22.4 Å². The van der Waals surface area contributed by atoms with Crippen molar-refractivity contribution in [3.8, 4) is 0 Å². The number of fused-ring (bicyclic) bond motifs is 3. The molecule has 2 aliphatic carbocycles. The summed E-state index contributed by atoms with van der Waals surface area (Å²) in [4.78, 5) is 36.1. The highest BCUT2D eigenvalue weighted by Crippen LogP contribution is 2.44. The number of aryl methyl sites for hydroxylation is 2. The molecule has 0 radical (unpaired) electrons. The monoisotopic (exact) mass is 452 g/mol. The molecule has 1 fully saturated rings. The lowest BCUT2D eigenvalue weighted by Gasteiger charge is -2.12. The normalized spacial score (nSPS) is 15.5. The van der Waals surface area contributed by atoms with Crippen LogP contribution in [0.4, 0.5) is 11.4 Å². The number of hydrogen-bond donors (Lipinski definition) is 2. The summed E-state index contributed by atoms with van der Waals surface area (Å²) >= 11 is 3.33. The lowest BCUT2D eigenvalue weighted by atomic mass is 9.97. The second-order valence-corrected chi connectivity index (χ2v) is 10.2. The smallest absolute Gasteiger partial charge is 0.234 e. The third-order valence-corrected chi connectivity index (χ3v) is 7.73. The number of thioether (sulfide) groups is 1. The van der Waals surface area contributed by atoms with Gasteiger partial charge in [0.05, 0.1) is 5.75 Å². The Hall–Kier alpha value is -2.45. The van der Waals surface area contributed by atoms with E-state index in [-0.39, 0.29) is 11.8 Å². The molecular formula is C23H24N4O2S2. The molecule has 0 spiro atoms. The van der Waals surface area contributed by atoms with Gasteiger partial charge in [0.2, 0.25) is 11.8 Å². The lowest BCUT2D eigenvalue weighted by Crippen LogP contribution is -2.14. The molecule has 2 aliphatic rings. The summed E-state index contributed by atoms with van der Waals surface area (Å²) in [5.74, 6) is 1.54. The molecule has 1 aromatic carbocycles. The first-order valence-electron chi connectivity index (χ1n) is 10.7. The first-order chi connectivity index (χ1) is 15.1. The van der Waals surface area contributed by atoms with Crippen molar-refractivity contribution in [1.82, 2.24) is 9.97 Å². The Kier molecular flexibility index (Phi) is 5.67. The van der Waals surface area contributed by atoms with Crippen LogP contribution in [-0.4, -0.2) is 27.5 Å². The van der Waals surface area contributed by atoms with E-state index in [1.165, 1.54) is 47.4 Å². The van der Waals surface area contributed by atoms with Crippen LogP contribution in [0.25, 0.3) is 10.2 Å². The molecule has 2 N–H and O–H groups in total. The summed E-state index contributed by atoms with van der Waals surface area (Å²) in [7, 11) is 0. The molecule has 2 aromatic heterocycles. The molecule has 6 nitrogen and oxygen atoms in total. The Balaban J connectivity index is 1.32. The number of benzene rings is 1. The van der Waals surface area contributed by atoms with E-state index >= 15 is 0 Å². The largest absolute Gasteiger partial charge is 0.326 e. The number of aromatic nitrogens is 2. The van der Waals surface area contributed by atoms with Crippen molar-refractivity contribution in [1.29, 1.82) is 0 Å². The van der Waals surface area contributed by atoms with Gasteiger partial charge in [0.25, 0.3) is 0 Å². The highest BCUT2D eigenvalue weighted by molar-refractivity contribution is 8.00. The summed E-state index contributed by atoms with van der Waals surface area (Å²) in [6.45, 7) is 1.47. The summed E-state index contributed by atoms with van der Waals surface area (Å²) in [5, 5.41) is 7.80. The summed E-state index contributed by atoms with van der Waals surface area (Å²) in [6, 6.07) is 7.13. The fourth-order valence-electron chi connectivity index (χ4n) is 3.94. The second kappa shape index (κ2) is 8.59. The number of amides is 2. The van der Waals surface area contributed by atoms with Crippen LogP contribution in [0.3, 0.4) is 0 Å². The molecule has 0 unspecified atom stereocenters. The maximum Gasteiger partial charge on any atom is 0.234 e. The molecule has 5 rings (SSSR count). The molecule has 0 aliphatic heterocycles. The predicted molar refractivity (Wildman–Crippen MR) is 126 cm³/mol. The summed E-state index contributed by atoms with van der Waals surface area (Å²) < 4.78 is 0. The van der Waals surface area contributed by atoms with E-state index in [1.807, 2.05) is 11.3 Å². The van der Waals surface area contributed by atoms with Crippen molar-refractivity contribution in [2.24, 2.45) is 0 Å². The van der Waals surface area contributed by atoms with Crippen LogP contribution in [0, 0.1) is 0 Å². The van der Waals surface area contributed by atoms with Gasteiger partial charge in [-0.05, 0) is 68.4 Å². The van der Waals surface area contributed by atoms with Gasteiger partial charge in [0.1, 0.15) is 15.7 Å². The van der Waals surface area contributed by atoms with Crippen molar-refractivity contribution >= 4 is 56.5 Å². The lowest BCUT2D eigenvalue weighted by molar-refractivity contribution is -0.114. The third-order valence-electron chi connectivity index (χ3n) is 5.57. The number of thiophene rings is 1. The van der Waals surface area contributed by atoms with E-state index in [2.05, 4.69) is 10.6 Å². The van der Waals surface area contributed by atoms with Gasteiger partial charge >= 0.3 is 0 Å². The van der Waals surface area contributed by atoms with Crippen LogP contribution in [0.2, 0.25) is 0 Å². The fraction of sp³-hybridized carbons (Fsp3) is 0.391. The minimum atomic E-state index is -0.120. The maximum atomic E-state index is 12.6. The predicted octanol–water partition coefficient (Wildman–Crippen LogP) is 5.14. The summed E-state index contributed by atoms with van der Waals surface area (Å²) in [6.07, 6.45) is 7.00. The minimum Gasteiger partial charge on any atom is -0.326 e. The average Bonchev–Trinajstić information content (AvgIpc) is 3.53. The van der Waals surface area contributed by atoms with Gasteiger partial charge in [-0.25, -0.2) is 9.97 Å². The number of carbonyl (C=O) groups excluding carboxylic acids is 2. The Morgan fingerprint density at radius 1 is 1.06 bits per heavy atom. The minimum absolute atomic E-state index is 0.0684. The van der Waals surface area contributed by atoms with Crippen LogP contribution in [0.15, 0.2) is 29.3 Å². The first-order valence-corrected chi connectivity index (χ1v) is 12.5. The Labute approximate surface area is 189 Å². The van der Waals surface area contributed by atoms with E-state index in [9.17, 15) is 9.59 Å². The van der Waals surface area contributed by atoms with Gasteiger partial charge < -0.3 is 10.6 Å². The average molecular weight is 453 g/mol. The Morgan fingerprint density at radius 3 is 2.48 bits per heavy atom. The highest BCUT2D eigenvalue weighted by atomic mass is 32.2. The number of nitrogens with zero attached hydrogens (tertiary/aromatic N) is 2. The standard InChI is InChI=1S/C23H24N4O2S2/c1-13(28)24-15-8-10-16(11-9-15)25-19(29)12-30-22-20-17-4-2-3-5-18(17)31-23(20)27-21(26-22)14-6-7-14/h8-11,14H,2-7,12H2,1H3,(H,24,28)(H,25,29). The Morgan fingerprint density at radius 2 is 1.77 bits per heavy atom. The van der Waals surface area contributed by atoms with Crippen LogP contribution >= 0.6 is 23.1 Å². The van der Waals surface area contributed by atoms with E-state index in [0.29, 0.717) is 23.0 Å². The highest BCUT2D eigenvalue weighted by Gasteiger charge is 2.29. The molecule has 160 valence electrons. The zero-order valence-electron chi connectivity index (χ0n) is 17.4. The molecule has 0 atom stereocenters. The first kappa shape index (κ1) is 20.5. The third kappa shape index (κ3) is 4.60.